The van der Waals surface area contributed by atoms with Gasteiger partial charge in [0.05, 0.1) is 37.0 Å². The zero-order valence-corrected chi connectivity index (χ0v) is 16.2. The number of carbonyl (C=O) groups is 2. The number of hydrogen-bond donors (Lipinski definition) is 1. The van der Waals surface area contributed by atoms with E-state index in [2.05, 4.69) is 26.3 Å². The molecule has 1 N–H and O–H groups in total. The Balaban J connectivity index is 1.79. The number of methoxy groups -OCH3 is 1. The number of benzene rings is 2. The Morgan fingerprint density at radius 2 is 1.85 bits per heavy atom. The predicted octanol–water partition coefficient (Wildman–Crippen LogP) is 3.67. The van der Waals surface area contributed by atoms with E-state index in [9.17, 15) is 9.59 Å². The van der Waals surface area contributed by atoms with Gasteiger partial charge in [0.2, 0.25) is 0 Å². The number of para-hydroxylation sites is 1. The molecular weight excluding hydrogens is 410 g/mol. The second-order valence-corrected chi connectivity index (χ2v) is 6.78. The van der Waals surface area contributed by atoms with Crippen LogP contribution in [0.3, 0.4) is 0 Å². The van der Waals surface area contributed by atoms with Crippen LogP contribution in [0, 0.1) is 0 Å². The summed E-state index contributed by atoms with van der Waals surface area (Å²) in [6.07, 6.45) is 3.19. The van der Waals surface area contributed by atoms with E-state index in [0.717, 1.165) is 15.7 Å². The molecule has 6 nitrogen and oxygen atoms in total. The number of nitrogens with zero attached hydrogens (tertiary/aromatic N) is 2. The lowest BCUT2D eigenvalue weighted by Crippen LogP contribution is -2.30. The van der Waals surface area contributed by atoms with Gasteiger partial charge in [-0.15, -0.1) is 0 Å². The number of nitrogens with one attached hydrogen (secondary N) is 1. The van der Waals surface area contributed by atoms with E-state index < -0.39 is 12.0 Å². The lowest BCUT2D eigenvalue weighted by atomic mass is 10.0. The molecule has 0 bridgehead atoms. The summed E-state index contributed by atoms with van der Waals surface area (Å²) in [5.74, 6) is -0.711. The molecule has 138 valence electrons. The third-order valence-corrected chi connectivity index (χ3v) is 4.57. The molecule has 1 atom stereocenters. The maximum Gasteiger partial charge on any atom is 0.307 e. The minimum atomic E-state index is -0.502. The minimum absolute atomic E-state index is 0.0384. The van der Waals surface area contributed by atoms with E-state index in [-0.39, 0.29) is 12.3 Å². The van der Waals surface area contributed by atoms with Crippen molar-refractivity contribution in [1.82, 2.24) is 15.1 Å². The maximum absolute atomic E-state index is 12.7. The summed E-state index contributed by atoms with van der Waals surface area (Å²) in [5.41, 5.74) is 2.08. The highest BCUT2D eigenvalue weighted by molar-refractivity contribution is 9.10. The van der Waals surface area contributed by atoms with Crippen molar-refractivity contribution in [1.29, 1.82) is 0 Å². The van der Waals surface area contributed by atoms with Gasteiger partial charge >= 0.3 is 5.97 Å². The fourth-order valence-corrected chi connectivity index (χ4v) is 2.87. The zero-order chi connectivity index (χ0) is 19.2. The van der Waals surface area contributed by atoms with E-state index in [1.54, 1.807) is 10.9 Å². The number of halogens is 1. The second-order valence-electron chi connectivity index (χ2n) is 5.87. The average Bonchev–Trinajstić information content (AvgIpc) is 3.19. The molecule has 0 saturated carbocycles. The molecule has 27 heavy (non-hydrogen) atoms. The van der Waals surface area contributed by atoms with Crippen molar-refractivity contribution < 1.29 is 14.3 Å². The van der Waals surface area contributed by atoms with E-state index in [1.807, 2.05) is 54.6 Å². The molecule has 1 unspecified atom stereocenters. The van der Waals surface area contributed by atoms with Crippen molar-refractivity contribution in [2.45, 2.75) is 12.5 Å². The predicted molar refractivity (Wildman–Crippen MR) is 105 cm³/mol. The molecule has 3 rings (SSSR count). The second kappa shape index (κ2) is 8.64. The van der Waals surface area contributed by atoms with Crippen molar-refractivity contribution in [2.75, 3.05) is 7.11 Å². The summed E-state index contributed by atoms with van der Waals surface area (Å²) >= 11 is 3.38. The largest absolute Gasteiger partial charge is 0.469 e. The number of amides is 1. The molecule has 3 aromatic rings. The molecule has 1 aromatic heterocycles. The molecule has 2 aromatic carbocycles. The van der Waals surface area contributed by atoms with E-state index >= 15 is 0 Å². The Bertz CT molecular complexity index is 923. The van der Waals surface area contributed by atoms with Crippen molar-refractivity contribution in [2.24, 2.45) is 0 Å². The fourth-order valence-electron chi connectivity index (χ4n) is 2.60. The van der Waals surface area contributed by atoms with Gasteiger partial charge in [0.1, 0.15) is 0 Å². The highest BCUT2D eigenvalue weighted by atomic mass is 79.9. The molecule has 0 aliphatic rings. The molecular formula is C20H18BrN3O3. The van der Waals surface area contributed by atoms with Crippen molar-refractivity contribution in [3.8, 4) is 5.69 Å². The highest BCUT2D eigenvalue weighted by Crippen LogP contribution is 2.21. The van der Waals surface area contributed by atoms with Crippen molar-refractivity contribution in [3.05, 3.63) is 82.6 Å². The first-order valence-corrected chi connectivity index (χ1v) is 9.09. The van der Waals surface area contributed by atoms with Gasteiger partial charge in [-0.3, -0.25) is 9.59 Å². The lowest BCUT2D eigenvalue weighted by molar-refractivity contribution is -0.141. The monoisotopic (exact) mass is 427 g/mol. The molecule has 0 spiro atoms. The number of ether oxygens (including phenoxy) is 1. The number of carbonyl (C=O) groups excluding carboxylic acids is 2. The number of rotatable bonds is 6. The van der Waals surface area contributed by atoms with Gasteiger partial charge in [-0.1, -0.05) is 46.3 Å². The van der Waals surface area contributed by atoms with E-state index in [4.69, 9.17) is 4.74 Å². The van der Waals surface area contributed by atoms with Crippen LogP contribution in [0.15, 0.2) is 71.5 Å². The molecule has 1 heterocycles. The van der Waals surface area contributed by atoms with Crippen LogP contribution in [0.5, 0.6) is 0 Å². The molecule has 0 saturated heterocycles. The first-order chi connectivity index (χ1) is 13.1. The Hall–Kier alpha value is -2.93. The first-order valence-electron chi connectivity index (χ1n) is 8.30. The maximum atomic E-state index is 12.7. The summed E-state index contributed by atoms with van der Waals surface area (Å²) < 4.78 is 7.30. The Labute approximate surface area is 165 Å². The minimum Gasteiger partial charge on any atom is -0.469 e. The summed E-state index contributed by atoms with van der Waals surface area (Å²) in [6, 6.07) is 16.4. The Morgan fingerprint density at radius 3 is 2.52 bits per heavy atom. The summed E-state index contributed by atoms with van der Waals surface area (Å²) in [6.45, 7) is 0. The Morgan fingerprint density at radius 1 is 1.15 bits per heavy atom. The average molecular weight is 428 g/mol. The lowest BCUT2D eigenvalue weighted by Gasteiger charge is -2.18. The van der Waals surface area contributed by atoms with Crippen LogP contribution < -0.4 is 5.32 Å². The summed E-state index contributed by atoms with van der Waals surface area (Å²) in [7, 11) is 1.33. The van der Waals surface area contributed by atoms with Gasteiger partial charge in [0.15, 0.2) is 0 Å². The molecule has 0 radical (unpaired) electrons. The first kappa shape index (κ1) is 18.8. The summed E-state index contributed by atoms with van der Waals surface area (Å²) in [4.78, 5) is 24.5. The fraction of sp³-hybridized carbons (Fsp3) is 0.150. The van der Waals surface area contributed by atoms with Crippen LogP contribution in [0.2, 0.25) is 0 Å². The van der Waals surface area contributed by atoms with Gasteiger partial charge < -0.3 is 10.1 Å². The number of esters is 1. The van der Waals surface area contributed by atoms with Crippen LogP contribution in [-0.2, 0) is 9.53 Å². The van der Waals surface area contributed by atoms with E-state index in [1.165, 1.54) is 13.3 Å². The van der Waals surface area contributed by atoms with Gasteiger partial charge in [0.25, 0.3) is 5.91 Å². The Kier molecular flexibility index (Phi) is 6.03. The molecule has 0 aliphatic heterocycles. The summed E-state index contributed by atoms with van der Waals surface area (Å²) in [5, 5.41) is 7.12. The van der Waals surface area contributed by atoms with Gasteiger partial charge in [-0.25, -0.2) is 4.68 Å². The van der Waals surface area contributed by atoms with Gasteiger partial charge in [0, 0.05) is 10.7 Å². The van der Waals surface area contributed by atoms with Crippen LogP contribution in [0.4, 0.5) is 0 Å². The van der Waals surface area contributed by atoms with Crippen LogP contribution >= 0.6 is 15.9 Å². The van der Waals surface area contributed by atoms with Gasteiger partial charge in [-0.05, 0) is 29.8 Å². The standard InChI is InChI=1S/C20H18BrN3O3/c1-27-19(25)11-18(14-7-9-16(21)10-8-14)23-20(26)15-12-22-24(13-15)17-5-3-2-4-6-17/h2-10,12-13,18H,11H2,1H3,(H,23,26). The zero-order valence-electron chi connectivity index (χ0n) is 14.6. The number of aromatic nitrogens is 2. The quantitative estimate of drug-likeness (QED) is 0.609. The van der Waals surface area contributed by atoms with Crippen molar-refractivity contribution >= 4 is 27.8 Å². The number of hydrogen-bond acceptors (Lipinski definition) is 4. The molecule has 0 fully saturated rings. The molecule has 1 amide bonds. The highest BCUT2D eigenvalue weighted by Gasteiger charge is 2.20. The topological polar surface area (TPSA) is 73.2 Å². The van der Waals surface area contributed by atoms with Crippen molar-refractivity contribution in [3.63, 3.8) is 0 Å². The third kappa shape index (κ3) is 4.83. The normalized spacial score (nSPS) is 11.6. The molecule has 7 heteroatoms. The van der Waals surface area contributed by atoms with E-state index in [0.29, 0.717) is 5.56 Å². The van der Waals surface area contributed by atoms with Crippen LogP contribution in [0.25, 0.3) is 5.69 Å². The van der Waals surface area contributed by atoms with Crippen LogP contribution in [-0.4, -0.2) is 28.8 Å². The SMILES string of the molecule is COC(=O)CC(NC(=O)c1cnn(-c2ccccc2)c1)c1ccc(Br)cc1. The van der Waals surface area contributed by atoms with Crippen LogP contribution in [0.1, 0.15) is 28.4 Å². The van der Waals surface area contributed by atoms with Gasteiger partial charge in [-0.2, -0.15) is 5.10 Å². The smallest absolute Gasteiger partial charge is 0.307 e. The molecule has 0 aliphatic carbocycles. The third-order valence-electron chi connectivity index (χ3n) is 4.04.